The Morgan fingerprint density at radius 1 is 1.25 bits per heavy atom. The largest absolute Gasteiger partial charge is 0.489 e. The number of rotatable bonds is 4. The quantitative estimate of drug-likeness (QED) is 0.699. The van der Waals surface area contributed by atoms with Gasteiger partial charge >= 0.3 is 0 Å². The normalized spacial score (nSPS) is 15.0. The standard InChI is InChI=1S/C19H22N6O3/c1-11-9-14-16(23-19(20)24-18(14)26)22-17(11)25-7-5-12(6-8-25)28-13-3-4-15(27-2)21-10-13/h3-4,9-10,12H,5-8H2,1-2H3,(H3,20,22,23,24,26). The Morgan fingerprint density at radius 2 is 2.04 bits per heavy atom. The van der Waals surface area contributed by atoms with Gasteiger partial charge in [0.1, 0.15) is 17.7 Å². The molecule has 1 saturated heterocycles. The zero-order chi connectivity index (χ0) is 19.7. The zero-order valence-corrected chi connectivity index (χ0v) is 15.8. The van der Waals surface area contributed by atoms with Crippen LogP contribution >= 0.6 is 0 Å². The predicted octanol–water partition coefficient (Wildman–Crippen LogP) is 1.66. The van der Waals surface area contributed by atoms with Gasteiger partial charge in [-0.3, -0.25) is 9.78 Å². The van der Waals surface area contributed by atoms with Crippen molar-refractivity contribution in [3.05, 3.63) is 40.3 Å². The van der Waals surface area contributed by atoms with Gasteiger partial charge in [0.2, 0.25) is 11.8 Å². The summed E-state index contributed by atoms with van der Waals surface area (Å²) >= 11 is 0. The van der Waals surface area contributed by atoms with Crippen molar-refractivity contribution in [1.29, 1.82) is 0 Å². The number of aromatic amines is 1. The van der Waals surface area contributed by atoms with E-state index in [-0.39, 0.29) is 17.6 Å². The first-order valence-corrected chi connectivity index (χ1v) is 9.12. The number of aromatic nitrogens is 4. The SMILES string of the molecule is COc1ccc(OC2CCN(c3nc4nc(N)[nH]c(=O)c4cc3C)CC2)cn1. The van der Waals surface area contributed by atoms with E-state index in [1.165, 1.54) is 0 Å². The summed E-state index contributed by atoms with van der Waals surface area (Å²) in [4.78, 5) is 29.7. The number of nitrogens with one attached hydrogen (secondary N) is 1. The molecule has 0 bridgehead atoms. The third-order valence-electron chi connectivity index (χ3n) is 4.84. The van der Waals surface area contributed by atoms with Gasteiger partial charge in [0, 0.05) is 32.0 Å². The van der Waals surface area contributed by atoms with Gasteiger partial charge in [-0.05, 0) is 24.6 Å². The second kappa shape index (κ2) is 7.34. The van der Waals surface area contributed by atoms with Crippen molar-refractivity contribution in [2.24, 2.45) is 0 Å². The number of nitrogen functional groups attached to an aromatic ring is 1. The second-order valence-corrected chi connectivity index (χ2v) is 6.79. The molecule has 146 valence electrons. The molecule has 9 heteroatoms. The fourth-order valence-corrected chi connectivity index (χ4v) is 3.43. The topological polar surface area (TPSA) is 119 Å². The molecule has 1 aliphatic rings. The number of pyridine rings is 2. The van der Waals surface area contributed by atoms with Crippen LogP contribution in [0.25, 0.3) is 11.0 Å². The van der Waals surface area contributed by atoms with Crippen molar-refractivity contribution >= 4 is 22.8 Å². The highest BCUT2D eigenvalue weighted by Gasteiger charge is 2.23. The Labute approximate surface area is 161 Å². The highest BCUT2D eigenvalue weighted by atomic mass is 16.5. The molecule has 3 aromatic heterocycles. The number of ether oxygens (including phenoxy) is 2. The molecule has 4 heterocycles. The van der Waals surface area contributed by atoms with Crippen LogP contribution in [-0.4, -0.2) is 46.2 Å². The third kappa shape index (κ3) is 3.55. The summed E-state index contributed by atoms with van der Waals surface area (Å²) in [7, 11) is 1.58. The molecule has 0 atom stereocenters. The van der Waals surface area contributed by atoms with Crippen LogP contribution in [0.3, 0.4) is 0 Å². The maximum atomic E-state index is 12.0. The van der Waals surface area contributed by atoms with E-state index in [0.29, 0.717) is 16.9 Å². The molecule has 3 aromatic rings. The summed E-state index contributed by atoms with van der Waals surface area (Å²) in [5.41, 5.74) is 6.68. The molecule has 0 aromatic carbocycles. The summed E-state index contributed by atoms with van der Waals surface area (Å²) < 4.78 is 11.1. The Hall–Kier alpha value is -3.36. The van der Waals surface area contributed by atoms with E-state index in [1.54, 1.807) is 19.4 Å². The number of anilines is 2. The lowest BCUT2D eigenvalue weighted by molar-refractivity contribution is 0.170. The first-order valence-electron chi connectivity index (χ1n) is 9.12. The van der Waals surface area contributed by atoms with E-state index in [4.69, 9.17) is 15.2 Å². The molecular weight excluding hydrogens is 360 g/mol. The van der Waals surface area contributed by atoms with Crippen LogP contribution in [0, 0.1) is 6.92 Å². The van der Waals surface area contributed by atoms with Crippen LogP contribution < -0.4 is 25.7 Å². The lowest BCUT2D eigenvalue weighted by Gasteiger charge is -2.33. The fraction of sp³-hybridized carbons (Fsp3) is 0.368. The van der Waals surface area contributed by atoms with Crippen LogP contribution in [0.5, 0.6) is 11.6 Å². The van der Waals surface area contributed by atoms with Gasteiger partial charge in [-0.1, -0.05) is 0 Å². The molecule has 4 rings (SSSR count). The number of nitrogens with two attached hydrogens (primary N) is 1. The van der Waals surface area contributed by atoms with Crippen molar-refractivity contribution in [3.63, 3.8) is 0 Å². The average Bonchev–Trinajstić information content (AvgIpc) is 2.69. The van der Waals surface area contributed by atoms with Gasteiger partial charge in [0.25, 0.3) is 5.56 Å². The smallest absolute Gasteiger partial charge is 0.261 e. The number of fused-ring (bicyclic) bond motifs is 1. The highest BCUT2D eigenvalue weighted by molar-refractivity contribution is 5.78. The monoisotopic (exact) mass is 382 g/mol. The third-order valence-corrected chi connectivity index (χ3v) is 4.84. The zero-order valence-electron chi connectivity index (χ0n) is 15.8. The minimum atomic E-state index is -0.273. The minimum absolute atomic E-state index is 0.0695. The summed E-state index contributed by atoms with van der Waals surface area (Å²) in [5, 5.41) is 0.445. The molecule has 1 aliphatic heterocycles. The van der Waals surface area contributed by atoms with E-state index in [0.717, 1.165) is 43.1 Å². The Morgan fingerprint density at radius 3 is 2.71 bits per heavy atom. The van der Waals surface area contributed by atoms with Crippen molar-refractivity contribution < 1.29 is 9.47 Å². The lowest BCUT2D eigenvalue weighted by Crippen LogP contribution is -2.39. The molecule has 28 heavy (non-hydrogen) atoms. The van der Waals surface area contributed by atoms with Crippen molar-refractivity contribution in [3.8, 4) is 11.6 Å². The Kier molecular flexibility index (Phi) is 4.72. The molecule has 1 fully saturated rings. The minimum Gasteiger partial charge on any atom is -0.489 e. The molecule has 0 saturated carbocycles. The molecular formula is C19H22N6O3. The van der Waals surface area contributed by atoms with Crippen LogP contribution in [0.1, 0.15) is 18.4 Å². The molecule has 0 amide bonds. The summed E-state index contributed by atoms with van der Waals surface area (Å²) in [6, 6.07) is 5.46. The van der Waals surface area contributed by atoms with E-state index in [2.05, 4.69) is 24.8 Å². The Balaban J connectivity index is 1.47. The number of methoxy groups -OCH3 is 1. The van der Waals surface area contributed by atoms with Crippen LogP contribution in [0.2, 0.25) is 0 Å². The van der Waals surface area contributed by atoms with Crippen LogP contribution in [0.4, 0.5) is 11.8 Å². The van der Waals surface area contributed by atoms with E-state index >= 15 is 0 Å². The molecule has 0 spiro atoms. The van der Waals surface area contributed by atoms with Crippen LogP contribution in [-0.2, 0) is 0 Å². The first kappa shape index (κ1) is 18.0. The maximum Gasteiger partial charge on any atom is 0.261 e. The Bertz CT molecular complexity index is 1040. The number of hydrogen-bond acceptors (Lipinski definition) is 8. The van der Waals surface area contributed by atoms with E-state index in [9.17, 15) is 4.79 Å². The van der Waals surface area contributed by atoms with Gasteiger partial charge in [-0.25, -0.2) is 9.97 Å². The molecule has 3 N–H and O–H groups in total. The van der Waals surface area contributed by atoms with Crippen LogP contribution in [0.15, 0.2) is 29.2 Å². The number of hydrogen-bond donors (Lipinski definition) is 2. The average molecular weight is 382 g/mol. The molecule has 0 unspecified atom stereocenters. The van der Waals surface area contributed by atoms with E-state index < -0.39 is 0 Å². The maximum absolute atomic E-state index is 12.0. The fourth-order valence-electron chi connectivity index (χ4n) is 3.43. The van der Waals surface area contributed by atoms with Crippen molar-refractivity contribution in [1.82, 2.24) is 19.9 Å². The van der Waals surface area contributed by atoms with Gasteiger partial charge < -0.3 is 20.1 Å². The number of aryl methyl sites for hydroxylation is 1. The van der Waals surface area contributed by atoms with E-state index in [1.807, 2.05) is 19.1 Å². The molecule has 0 aliphatic carbocycles. The number of nitrogens with zero attached hydrogens (tertiary/aromatic N) is 4. The summed E-state index contributed by atoms with van der Waals surface area (Å²) in [6.45, 7) is 3.54. The van der Waals surface area contributed by atoms with Crippen molar-refractivity contribution in [2.45, 2.75) is 25.9 Å². The first-order chi connectivity index (χ1) is 13.5. The molecule has 9 nitrogen and oxygen atoms in total. The molecule has 0 radical (unpaired) electrons. The van der Waals surface area contributed by atoms with Gasteiger partial charge in [0.15, 0.2) is 5.65 Å². The van der Waals surface area contributed by atoms with Gasteiger partial charge in [-0.2, -0.15) is 4.98 Å². The summed E-state index contributed by atoms with van der Waals surface area (Å²) in [6.07, 6.45) is 3.50. The lowest BCUT2D eigenvalue weighted by atomic mass is 10.1. The van der Waals surface area contributed by atoms with Gasteiger partial charge in [-0.15, -0.1) is 0 Å². The number of H-pyrrole nitrogens is 1. The second-order valence-electron chi connectivity index (χ2n) is 6.79. The van der Waals surface area contributed by atoms with Crippen molar-refractivity contribution in [2.75, 3.05) is 30.8 Å². The number of piperidine rings is 1. The highest BCUT2D eigenvalue weighted by Crippen LogP contribution is 2.26. The van der Waals surface area contributed by atoms with Gasteiger partial charge in [0.05, 0.1) is 18.7 Å². The predicted molar refractivity (Wildman–Crippen MR) is 106 cm³/mol. The summed E-state index contributed by atoms with van der Waals surface area (Å²) in [5.74, 6) is 2.20.